The van der Waals surface area contributed by atoms with Crippen LogP contribution in [-0.4, -0.2) is 68.9 Å². The Kier molecular flexibility index (Phi) is 16.1. The van der Waals surface area contributed by atoms with E-state index in [0.717, 1.165) is 25.7 Å². The second-order valence-corrected chi connectivity index (χ2v) is 17.3. The number of methoxy groups -OCH3 is 4. The molecule has 0 aliphatic carbocycles. The molecule has 296 valence electrons. The number of hydrogen-bond donors (Lipinski definition) is 0. The predicted octanol–water partition coefficient (Wildman–Crippen LogP) is 9.73. The van der Waals surface area contributed by atoms with Crippen molar-refractivity contribution >= 4 is 31.9 Å². The van der Waals surface area contributed by atoms with Crippen molar-refractivity contribution in [3.8, 4) is 34.6 Å². The number of pyridine rings is 1. The Morgan fingerprint density at radius 2 is 1.43 bits per heavy atom. The standard InChI is InChI=1S/C40H55BrFN5O6S/c1-40(2,3)25-15-13-11-9-8-10-12-14-16-26-46(54(48,49)28-35(52-6)30-24-23-29(42)27-31(30)41)39-45-44-38(32-19-17-22-36(43-32)53-7)47(39)37-33(50-4)20-18-21-34(37)51-5/h17-24,27,35H,8-16,25-26,28H2,1-7H3/t35-/m0/s1. The van der Waals surface area contributed by atoms with Gasteiger partial charge in [-0.25, -0.2) is 22.1 Å². The van der Waals surface area contributed by atoms with Crippen LogP contribution >= 0.6 is 15.9 Å². The predicted molar refractivity (Wildman–Crippen MR) is 215 cm³/mol. The molecule has 2 aromatic carbocycles. The zero-order chi connectivity index (χ0) is 39.3. The number of rotatable bonds is 22. The summed E-state index contributed by atoms with van der Waals surface area (Å²) in [6.07, 6.45) is 9.88. The van der Waals surface area contributed by atoms with Gasteiger partial charge in [-0.05, 0) is 54.2 Å². The van der Waals surface area contributed by atoms with Crippen molar-refractivity contribution in [1.82, 2.24) is 19.7 Å². The van der Waals surface area contributed by atoms with E-state index in [0.29, 0.717) is 50.6 Å². The topological polar surface area (TPSA) is 118 Å². The van der Waals surface area contributed by atoms with Crippen molar-refractivity contribution in [2.24, 2.45) is 5.41 Å². The van der Waals surface area contributed by atoms with Crippen molar-refractivity contribution in [2.75, 3.05) is 45.0 Å². The monoisotopic (exact) mass is 831 g/mol. The molecule has 2 heterocycles. The first-order valence-corrected chi connectivity index (χ1v) is 20.9. The molecule has 4 aromatic rings. The molecule has 0 spiro atoms. The minimum Gasteiger partial charge on any atom is -0.494 e. The fraction of sp³-hybridized carbons (Fsp3) is 0.525. The first-order valence-electron chi connectivity index (χ1n) is 18.5. The summed E-state index contributed by atoms with van der Waals surface area (Å²) in [5.74, 6) is 0.520. The highest BCUT2D eigenvalue weighted by Gasteiger charge is 2.34. The van der Waals surface area contributed by atoms with Crippen LogP contribution in [0.2, 0.25) is 0 Å². The van der Waals surface area contributed by atoms with Gasteiger partial charge in [0.15, 0.2) is 5.82 Å². The minimum atomic E-state index is -4.19. The van der Waals surface area contributed by atoms with Crippen molar-refractivity contribution in [2.45, 2.75) is 91.1 Å². The van der Waals surface area contributed by atoms with Gasteiger partial charge in [-0.15, -0.1) is 10.2 Å². The summed E-state index contributed by atoms with van der Waals surface area (Å²) in [5.41, 5.74) is 1.66. The average molecular weight is 833 g/mol. The van der Waals surface area contributed by atoms with E-state index in [-0.39, 0.29) is 18.3 Å². The summed E-state index contributed by atoms with van der Waals surface area (Å²) in [6, 6.07) is 14.6. The van der Waals surface area contributed by atoms with Gasteiger partial charge in [0, 0.05) is 24.2 Å². The number of aromatic nitrogens is 4. The molecule has 0 N–H and O–H groups in total. The largest absolute Gasteiger partial charge is 0.494 e. The Morgan fingerprint density at radius 3 is 2.00 bits per heavy atom. The van der Waals surface area contributed by atoms with E-state index >= 15 is 0 Å². The minimum absolute atomic E-state index is 0.0284. The Labute approximate surface area is 328 Å². The summed E-state index contributed by atoms with van der Waals surface area (Å²) in [5, 5.41) is 9.04. The van der Waals surface area contributed by atoms with E-state index in [2.05, 4.69) is 51.9 Å². The average Bonchev–Trinajstić information content (AvgIpc) is 3.57. The Morgan fingerprint density at radius 1 is 0.815 bits per heavy atom. The van der Waals surface area contributed by atoms with E-state index in [4.69, 9.17) is 18.9 Å². The fourth-order valence-corrected chi connectivity index (χ4v) is 8.61. The van der Waals surface area contributed by atoms with Crippen LogP contribution in [0.1, 0.15) is 96.6 Å². The zero-order valence-corrected chi connectivity index (χ0v) is 35.0. The highest BCUT2D eigenvalue weighted by atomic mass is 79.9. The van der Waals surface area contributed by atoms with Crippen molar-refractivity contribution in [3.63, 3.8) is 0 Å². The molecule has 0 bridgehead atoms. The maximum absolute atomic E-state index is 14.7. The van der Waals surface area contributed by atoms with Gasteiger partial charge in [-0.2, -0.15) is 0 Å². The van der Waals surface area contributed by atoms with Gasteiger partial charge in [0.25, 0.3) is 0 Å². The van der Waals surface area contributed by atoms with Gasteiger partial charge < -0.3 is 18.9 Å². The summed E-state index contributed by atoms with van der Waals surface area (Å²) >= 11 is 3.39. The number of halogens is 2. The fourth-order valence-electron chi connectivity index (χ4n) is 6.35. The number of nitrogens with zero attached hydrogens (tertiary/aromatic N) is 5. The molecular weight excluding hydrogens is 777 g/mol. The van der Waals surface area contributed by atoms with Crippen LogP contribution in [0.5, 0.6) is 17.4 Å². The lowest BCUT2D eigenvalue weighted by molar-refractivity contribution is 0.121. The first kappa shape index (κ1) is 43.0. The lowest BCUT2D eigenvalue weighted by Crippen LogP contribution is -2.38. The Hall–Kier alpha value is -3.75. The number of anilines is 1. The molecule has 54 heavy (non-hydrogen) atoms. The SMILES string of the molecule is COc1cccc(-c2nnc(N(CCCCCCCCCCCC(C)(C)C)S(=O)(=O)C[C@H](OC)c3ccc(F)cc3Br)n2-c2c(OC)cccc2OC)n1. The van der Waals surface area contributed by atoms with Crippen molar-refractivity contribution in [3.05, 3.63) is 70.5 Å². The summed E-state index contributed by atoms with van der Waals surface area (Å²) in [6.45, 7) is 6.99. The third-order valence-electron chi connectivity index (χ3n) is 9.24. The van der Waals surface area contributed by atoms with E-state index in [1.807, 2.05) is 0 Å². The molecule has 0 unspecified atom stereocenters. The second-order valence-electron chi connectivity index (χ2n) is 14.5. The van der Waals surface area contributed by atoms with Crippen LogP contribution in [0.25, 0.3) is 17.2 Å². The molecule has 1 atom stereocenters. The third kappa shape index (κ3) is 11.6. The number of unbranched alkanes of at least 4 members (excludes halogenated alkanes) is 8. The van der Waals surface area contributed by atoms with Gasteiger partial charge in [0.2, 0.25) is 21.9 Å². The Balaban J connectivity index is 1.70. The van der Waals surface area contributed by atoms with Crippen molar-refractivity contribution in [1.29, 1.82) is 0 Å². The van der Waals surface area contributed by atoms with Gasteiger partial charge in [0.1, 0.15) is 28.7 Å². The molecule has 0 saturated heterocycles. The van der Waals surface area contributed by atoms with Crippen molar-refractivity contribution < 1.29 is 31.8 Å². The van der Waals surface area contributed by atoms with Crippen LogP contribution in [0.3, 0.4) is 0 Å². The number of para-hydroxylation sites is 1. The molecule has 2 aromatic heterocycles. The third-order valence-corrected chi connectivity index (χ3v) is 11.7. The molecule has 4 rings (SSSR count). The van der Waals surface area contributed by atoms with Crippen LogP contribution in [0.15, 0.2) is 59.1 Å². The molecule has 14 heteroatoms. The van der Waals surface area contributed by atoms with E-state index in [1.165, 1.54) is 83.0 Å². The van der Waals surface area contributed by atoms with Gasteiger partial charge in [-0.3, -0.25) is 4.57 Å². The maximum Gasteiger partial charge on any atom is 0.246 e. The maximum atomic E-state index is 14.7. The zero-order valence-electron chi connectivity index (χ0n) is 32.6. The highest BCUT2D eigenvalue weighted by molar-refractivity contribution is 9.10. The molecule has 0 fully saturated rings. The number of benzene rings is 2. The van der Waals surface area contributed by atoms with Gasteiger partial charge in [-0.1, -0.05) is 106 Å². The lowest BCUT2D eigenvalue weighted by Gasteiger charge is -2.27. The lowest BCUT2D eigenvalue weighted by atomic mass is 9.89. The molecule has 0 amide bonds. The molecule has 11 nitrogen and oxygen atoms in total. The normalized spacial score (nSPS) is 12.5. The molecule has 0 saturated carbocycles. The quantitative estimate of drug-likeness (QED) is 0.0714. The summed E-state index contributed by atoms with van der Waals surface area (Å²) < 4.78 is 69.5. The summed E-state index contributed by atoms with van der Waals surface area (Å²) in [7, 11) is 1.80. The molecule has 0 aliphatic rings. The molecule has 0 radical (unpaired) electrons. The first-order chi connectivity index (χ1) is 25.8. The van der Waals surface area contributed by atoms with Gasteiger partial charge >= 0.3 is 0 Å². The van der Waals surface area contributed by atoms with Crippen LogP contribution in [0, 0.1) is 11.2 Å². The van der Waals surface area contributed by atoms with E-state index < -0.39 is 27.7 Å². The number of sulfonamides is 1. The van der Waals surface area contributed by atoms with Crippen LogP contribution in [-0.2, 0) is 14.8 Å². The number of ether oxygens (including phenoxy) is 4. The summed E-state index contributed by atoms with van der Waals surface area (Å²) in [4.78, 5) is 4.60. The molecule has 0 aliphatic heterocycles. The Bertz CT molecular complexity index is 1880. The number of hydrogen-bond acceptors (Lipinski definition) is 9. The van der Waals surface area contributed by atoms with Crippen LogP contribution in [0.4, 0.5) is 10.3 Å². The van der Waals surface area contributed by atoms with Gasteiger partial charge in [0.05, 0.1) is 33.2 Å². The van der Waals surface area contributed by atoms with Crippen LogP contribution < -0.4 is 18.5 Å². The smallest absolute Gasteiger partial charge is 0.246 e. The van der Waals surface area contributed by atoms with E-state index in [9.17, 15) is 12.8 Å². The second kappa shape index (κ2) is 20.2. The van der Waals surface area contributed by atoms with E-state index in [1.54, 1.807) is 41.0 Å². The molecular formula is C40H55BrFN5O6S. The highest BCUT2D eigenvalue weighted by Crippen LogP contribution is 2.39.